The van der Waals surface area contributed by atoms with Crippen LogP contribution in [0.15, 0.2) is 0 Å². The summed E-state index contributed by atoms with van der Waals surface area (Å²) in [6.45, 7) is 4.03. The minimum absolute atomic E-state index is 0.204. The van der Waals surface area contributed by atoms with Gasteiger partial charge < -0.3 is 23.7 Å². The van der Waals surface area contributed by atoms with Crippen molar-refractivity contribution < 1.29 is 38.1 Å². The molecule has 0 aromatic rings. The highest BCUT2D eigenvalue weighted by Gasteiger charge is 2.49. The second kappa shape index (κ2) is 10.5. The molecule has 128 valence electrons. The molecule has 9 heteroatoms. The molecule has 4 atom stereocenters. The SMILES string of the molecule is CC(=O)Cl.COCC1OC(OC)C(OC(C)=O)C1OC(C)=O. The maximum Gasteiger partial charge on any atom is 0.303 e. The maximum atomic E-state index is 11.1. The lowest BCUT2D eigenvalue weighted by Crippen LogP contribution is -2.41. The van der Waals surface area contributed by atoms with Crippen LogP contribution < -0.4 is 0 Å². The average molecular weight is 341 g/mol. The van der Waals surface area contributed by atoms with Crippen molar-refractivity contribution in [3.05, 3.63) is 0 Å². The summed E-state index contributed by atoms with van der Waals surface area (Å²) in [5.41, 5.74) is 0. The van der Waals surface area contributed by atoms with E-state index < -0.39 is 36.5 Å². The summed E-state index contributed by atoms with van der Waals surface area (Å²) in [4.78, 5) is 31.3. The van der Waals surface area contributed by atoms with Crippen molar-refractivity contribution >= 4 is 28.8 Å². The van der Waals surface area contributed by atoms with E-state index in [9.17, 15) is 14.4 Å². The molecule has 1 aliphatic heterocycles. The molecule has 1 saturated heterocycles. The highest BCUT2D eigenvalue weighted by Crippen LogP contribution is 2.27. The molecule has 4 unspecified atom stereocenters. The standard InChI is InChI=1S/C11H18O7.C2H3ClO/c1-6(12)16-9-8(5-14-3)18-11(15-4)10(9)17-7(2)13;1-2(3)4/h8-11H,5H2,1-4H3;1H3. The molecule has 1 heterocycles. The van der Waals surface area contributed by atoms with Gasteiger partial charge in [0.1, 0.15) is 6.10 Å². The van der Waals surface area contributed by atoms with E-state index in [4.69, 9.17) is 23.7 Å². The van der Waals surface area contributed by atoms with Crippen LogP contribution in [-0.4, -0.2) is 62.6 Å². The van der Waals surface area contributed by atoms with Gasteiger partial charge in [-0.3, -0.25) is 14.4 Å². The Kier molecular flexibility index (Phi) is 9.91. The summed E-state index contributed by atoms with van der Waals surface area (Å²) in [5, 5.41) is -0.361. The molecule has 1 fully saturated rings. The highest BCUT2D eigenvalue weighted by atomic mass is 35.5. The summed E-state index contributed by atoms with van der Waals surface area (Å²) in [6, 6.07) is 0. The van der Waals surface area contributed by atoms with E-state index in [0.717, 1.165) is 0 Å². The van der Waals surface area contributed by atoms with Crippen LogP contribution >= 0.6 is 11.6 Å². The summed E-state index contributed by atoms with van der Waals surface area (Å²) >= 11 is 4.64. The Morgan fingerprint density at radius 2 is 1.45 bits per heavy atom. The van der Waals surface area contributed by atoms with Crippen LogP contribution in [0.1, 0.15) is 20.8 Å². The summed E-state index contributed by atoms with van der Waals surface area (Å²) < 4.78 is 25.7. The topological polar surface area (TPSA) is 97.4 Å². The number of esters is 2. The minimum atomic E-state index is -0.795. The Balaban J connectivity index is 0.000000980. The highest BCUT2D eigenvalue weighted by molar-refractivity contribution is 6.62. The molecular formula is C13H21ClO8. The second-order valence-corrected chi connectivity index (χ2v) is 4.88. The van der Waals surface area contributed by atoms with E-state index in [0.29, 0.717) is 0 Å². The predicted octanol–water partition coefficient (Wildman–Crippen LogP) is 0.639. The maximum absolute atomic E-state index is 11.1. The molecular weight excluding hydrogens is 320 g/mol. The Labute approximate surface area is 133 Å². The van der Waals surface area contributed by atoms with E-state index in [1.165, 1.54) is 35.0 Å². The van der Waals surface area contributed by atoms with Crippen LogP contribution in [0.2, 0.25) is 0 Å². The molecule has 0 aromatic carbocycles. The van der Waals surface area contributed by atoms with Crippen molar-refractivity contribution in [2.45, 2.75) is 45.4 Å². The van der Waals surface area contributed by atoms with Gasteiger partial charge in [0.2, 0.25) is 5.24 Å². The molecule has 0 bridgehead atoms. The quantitative estimate of drug-likeness (QED) is 0.531. The van der Waals surface area contributed by atoms with Gasteiger partial charge >= 0.3 is 11.9 Å². The normalized spacial score (nSPS) is 26.6. The third kappa shape index (κ3) is 7.69. The van der Waals surface area contributed by atoms with Gasteiger partial charge in [-0.2, -0.15) is 0 Å². The van der Waals surface area contributed by atoms with Gasteiger partial charge in [0.25, 0.3) is 0 Å². The third-order valence-electron chi connectivity index (χ3n) is 2.43. The van der Waals surface area contributed by atoms with E-state index in [2.05, 4.69) is 11.6 Å². The Morgan fingerprint density at radius 1 is 1.00 bits per heavy atom. The van der Waals surface area contributed by atoms with Crippen molar-refractivity contribution in [3.8, 4) is 0 Å². The fraction of sp³-hybridized carbons (Fsp3) is 0.769. The lowest BCUT2D eigenvalue weighted by molar-refractivity contribution is -0.181. The molecule has 0 aliphatic carbocycles. The van der Waals surface area contributed by atoms with E-state index >= 15 is 0 Å². The molecule has 0 amide bonds. The monoisotopic (exact) mass is 340 g/mol. The minimum Gasteiger partial charge on any atom is -0.455 e. The van der Waals surface area contributed by atoms with Crippen LogP contribution in [0, 0.1) is 0 Å². The van der Waals surface area contributed by atoms with Crippen molar-refractivity contribution in [3.63, 3.8) is 0 Å². The zero-order valence-electron chi connectivity index (χ0n) is 13.2. The van der Waals surface area contributed by atoms with Gasteiger partial charge in [-0.05, 0) is 11.6 Å². The molecule has 0 radical (unpaired) electrons. The summed E-state index contributed by atoms with van der Waals surface area (Å²) in [7, 11) is 2.91. The first-order chi connectivity index (χ1) is 10.2. The van der Waals surface area contributed by atoms with Gasteiger partial charge in [0, 0.05) is 35.0 Å². The largest absolute Gasteiger partial charge is 0.455 e. The van der Waals surface area contributed by atoms with Crippen LogP contribution in [0.25, 0.3) is 0 Å². The summed E-state index contributed by atoms with van der Waals surface area (Å²) in [5.74, 6) is -0.987. The first-order valence-electron chi connectivity index (χ1n) is 6.40. The van der Waals surface area contributed by atoms with E-state index in [1.54, 1.807) is 0 Å². The zero-order chi connectivity index (χ0) is 17.3. The van der Waals surface area contributed by atoms with Crippen LogP contribution in [0.5, 0.6) is 0 Å². The van der Waals surface area contributed by atoms with Crippen molar-refractivity contribution in [1.82, 2.24) is 0 Å². The van der Waals surface area contributed by atoms with Gasteiger partial charge in [0.15, 0.2) is 18.5 Å². The average Bonchev–Trinajstić information content (AvgIpc) is 2.66. The van der Waals surface area contributed by atoms with Crippen molar-refractivity contribution in [2.75, 3.05) is 20.8 Å². The molecule has 0 N–H and O–H groups in total. The molecule has 1 rings (SSSR count). The molecule has 22 heavy (non-hydrogen) atoms. The zero-order valence-corrected chi connectivity index (χ0v) is 13.9. The Hall–Kier alpha value is -1.22. The number of carbonyl (C=O) groups excluding carboxylic acids is 3. The second-order valence-electron chi connectivity index (χ2n) is 4.35. The number of halogens is 1. The Morgan fingerprint density at radius 3 is 1.82 bits per heavy atom. The number of ether oxygens (including phenoxy) is 5. The number of hydrogen-bond acceptors (Lipinski definition) is 8. The lowest BCUT2D eigenvalue weighted by atomic mass is 10.1. The molecule has 8 nitrogen and oxygen atoms in total. The van der Waals surface area contributed by atoms with Gasteiger partial charge in [-0.15, -0.1) is 0 Å². The number of methoxy groups -OCH3 is 2. The van der Waals surface area contributed by atoms with E-state index in [1.807, 2.05) is 0 Å². The number of hydrogen-bond donors (Lipinski definition) is 0. The van der Waals surface area contributed by atoms with Crippen LogP contribution in [0.3, 0.4) is 0 Å². The molecule has 0 saturated carbocycles. The summed E-state index contributed by atoms with van der Waals surface area (Å²) in [6.07, 6.45) is -2.85. The first-order valence-corrected chi connectivity index (χ1v) is 6.78. The fourth-order valence-corrected chi connectivity index (χ4v) is 1.83. The first kappa shape index (κ1) is 20.8. The van der Waals surface area contributed by atoms with Crippen molar-refractivity contribution in [2.24, 2.45) is 0 Å². The Bertz CT molecular complexity index is 382. The molecule has 0 aromatic heterocycles. The number of carbonyl (C=O) groups is 3. The van der Waals surface area contributed by atoms with Crippen LogP contribution in [0.4, 0.5) is 0 Å². The van der Waals surface area contributed by atoms with Crippen molar-refractivity contribution in [1.29, 1.82) is 0 Å². The van der Waals surface area contributed by atoms with Crippen LogP contribution in [-0.2, 0) is 38.1 Å². The van der Waals surface area contributed by atoms with Gasteiger partial charge in [0.05, 0.1) is 6.61 Å². The predicted molar refractivity (Wildman–Crippen MR) is 75.2 cm³/mol. The molecule has 0 spiro atoms. The van der Waals surface area contributed by atoms with Gasteiger partial charge in [-0.25, -0.2) is 0 Å². The third-order valence-corrected chi connectivity index (χ3v) is 2.43. The fourth-order valence-electron chi connectivity index (χ4n) is 1.83. The molecule has 1 aliphatic rings. The van der Waals surface area contributed by atoms with E-state index in [-0.39, 0.29) is 11.8 Å². The number of rotatable bonds is 5. The smallest absolute Gasteiger partial charge is 0.303 e. The van der Waals surface area contributed by atoms with Gasteiger partial charge in [-0.1, -0.05) is 0 Å². The lowest BCUT2D eigenvalue weighted by Gasteiger charge is -2.22.